The largest absolute Gasteiger partial charge is 0.392 e. The van der Waals surface area contributed by atoms with Gasteiger partial charge in [-0.1, -0.05) is 24.3 Å². The Hall–Kier alpha value is -0.550. The van der Waals surface area contributed by atoms with Crippen molar-refractivity contribution >= 4 is 11.8 Å². The van der Waals surface area contributed by atoms with Gasteiger partial charge in [-0.3, -0.25) is 0 Å². The zero-order valence-electron chi connectivity index (χ0n) is 12.7. The maximum atomic E-state index is 9.27. The van der Waals surface area contributed by atoms with E-state index in [1.165, 1.54) is 17.7 Å². The normalized spacial score (nSPS) is 30.7. The number of hydrogen-bond acceptors (Lipinski definition) is 4. The second-order valence-corrected chi connectivity index (χ2v) is 7.42. The summed E-state index contributed by atoms with van der Waals surface area (Å²) in [7, 11) is 0. The third kappa shape index (κ3) is 3.62. The Bertz CT molecular complexity index is 474. The summed E-state index contributed by atoms with van der Waals surface area (Å²) in [6.07, 6.45) is 3.42. The first-order valence-electron chi connectivity index (χ1n) is 7.88. The minimum atomic E-state index is 0.109. The molecule has 2 aliphatic heterocycles. The highest BCUT2D eigenvalue weighted by molar-refractivity contribution is 7.99. The molecule has 0 aliphatic carbocycles. The lowest BCUT2D eigenvalue weighted by Crippen LogP contribution is -2.47. The Morgan fingerprint density at radius 3 is 3.19 bits per heavy atom. The monoisotopic (exact) mass is 307 g/mol. The van der Waals surface area contributed by atoms with E-state index in [-0.39, 0.29) is 12.2 Å². The van der Waals surface area contributed by atoms with E-state index < -0.39 is 0 Å². The fourth-order valence-electron chi connectivity index (χ4n) is 3.44. The van der Waals surface area contributed by atoms with Crippen molar-refractivity contribution < 1.29 is 9.84 Å². The molecule has 4 heteroatoms. The molecule has 1 aromatic rings. The highest BCUT2D eigenvalue weighted by Gasteiger charge is 2.40. The highest BCUT2D eigenvalue weighted by atomic mass is 32.2. The van der Waals surface area contributed by atoms with Crippen LogP contribution in [0, 0.1) is 0 Å². The molecule has 21 heavy (non-hydrogen) atoms. The molecule has 2 fully saturated rings. The lowest BCUT2D eigenvalue weighted by molar-refractivity contribution is -0.0711. The Balaban J connectivity index is 1.62. The van der Waals surface area contributed by atoms with Crippen LogP contribution >= 0.6 is 11.8 Å². The van der Waals surface area contributed by atoms with Crippen molar-refractivity contribution in [1.29, 1.82) is 0 Å². The van der Waals surface area contributed by atoms with Gasteiger partial charge in [0, 0.05) is 24.4 Å². The van der Waals surface area contributed by atoms with E-state index in [1.807, 2.05) is 23.9 Å². The quantitative estimate of drug-likeness (QED) is 0.897. The zero-order valence-corrected chi connectivity index (χ0v) is 13.5. The van der Waals surface area contributed by atoms with Crippen LogP contribution in [-0.4, -0.2) is 34.9 Å². The molecule has 2 heterocycles. The molecule has 0 saturated carbocycles. The van der Waals surface area contributed by atoms with Gasteiger partial charge in [0.05, 0.1) is 12.2 Å². The summed E-state index contributed by atoms with van der Waals surface area (Å²) in [6.45, 7) is 3.20. The molecule has 2 N–H and O–H groups in total. The van der Waals surface area contributed by atoms with Crippen molar-refractivity contribution in [2.75, 3.05) is 18.1 Å². The van der Waals surface area contributed by atoms with E-state index in [9.17, 15) is 5.11 Å². The summed E-state index contributed by atoms with van der Waals surface area (Å²) in [4.78, 5) is 0. The van der Waals surface area contributed by atoms with Crippen LogP contribution < -0.4 is 5.32 Å². The number of hydrogen-bond donors (Lipinski definition) is 2. The van der Waals surface area contributed by atoms with E-state index in [1.54, 1.807) is 0 Å². The number of ether oxygens (including phenoxy) is 1. The Labute approximate surface area is 131 Å². The molecule has 3 unspecified atom stereocenters. The smallest absolute Gasteiger partial charge is 0.0795 e. The van der Waals surface area contributed by atoms with Crippen LogP contribution in [0.4, 0.5) is 0 Å². The maximum Gasteiger partial charge on any atom is 0.0795 e. The van der Waals surface area contributed by atoms with Gasteiger partial charge in [0.25, 0.3) is 0 Å². The standard InChI is InChI=1S/C17H25NO2S/c1-13(15-4-2-3-14(9-15)11-19)18-16-5-7-20-17(10-16)6-8-21-12-17/h2-4,9,13,16,18-19H,5-8,10-12H2,1H3. The molecule has 3 atom stereocenters. The molecule has 1 spiro atoms. The fraction of sp³-hybridized carbons (Fsp3) is 0.647. The van der Waals surface area contributed by atoms with Gasteiger partial charge < -0.3 is 15.2 Å². The van der Waals surface area contributed by atoms with Crippen LogP contribution in [0.5, 0.6) is 0 Å². The number of nitrogens with one attached hydrogen (secondary N) is 1. The molecule has 0 aromatic heterocycles. The predicted octanol–water partition coefficient (Wildman–Crippen LogP) is 2.88. The summed E-state index contributed by atoms with van der Waals surface area (Å²) in [5, 5.41) is 13.0. The van der Waals surface area contributed by atoms with E-state index in [0.29, 0.717) is 12.1 Å². The number of aliphatic hydroxyl groups excluding tert-OH is 1. The first kappa shape index (κ1) is 15.3. The predicted molar refractivity (Wildman–Crippen MR) is 87.6 cm³/mol. The van der Waals surface area contributed by atoms with Crippen LogP contribution in [0.1, 0.15) is 43.4 Å². The van der Waals surface area contributed by atoms with Gasteiger partial charge in [0.2, 0.25) is 0 Å². The first-order chi connectivity index (χ1) is 10.2. The average Bonchev–Trinajstić information content (AvgIpc) is 2.95. The molecule has 3 rings (SSSR count). The topological polar surface area (TPSA) is 41.5 Å². The van der Waals surface area contributed by atoms with Crippen LogP contribution in [0.15, 0.2) is 24.3 Å². The minimum Gasteiger partial charge on any atom is -0.392 e. The molecule has 2 aliphatic rings. The number of rotatable bonds is 4. The van der Waals surface area contributed by atoms with Crippen LogP contribution in [-0.2, 0) is 11.3 Å². The van der Waals surface area contributed by atoms with Crippen molar-refractivity contribution in [3.05, 3.63) is 35.4 Å². The average molecular weight is 307 g/mol. The van der Waals surface area contributed by atoms with Crippen molar-refractivity contribution in [3.63, 3.8) is 0 Å². The summed E-state index contributed by atoms with van der Waals surface area (Å²) in [6, 6.07) is 9.07. The summed E-state index contributed by atoms with van der Waals surface area (Å²) >= 11 is 2.02. The number of thioether (sulfide) groups is 1. The lowest BCUT2D eigenvalue weighted by atomic mass is 9.89. The summed E-state index contributed by atoms with van der Waals surface area (Å²) in [5.41, 5.74) is 2.37. The highest BCUT2D eigenvalue weighted by Crippen LogP contribution is 2.38. The van der Waals surface area contributed by atoms with Crippen molar-refractivity contribution in [3.8, 4) is 0 Å². The van der Waals surface area contributed by atoms with Gasteiger partial charge >= 0.3 is 0 Å². The van der Waals surface area contributed by atoms with Crippen LogP contribution in [0.2, 0.25) is 0 Å². The molecule has 0 bridgehead atoms. The number of aliphatic hydroxyl groups is 1. The van der Waals surface area contributed by atoms with E-state index >= 15 is 0 Å². The van der Waals surface area contributed by atoms with Gasteiger partial charge in [0.15, 0.2) is 0 Å². The summed E-state index contributed by atoms with van der Waals surface area (Å²) < 4.78 is 6.09. The second-order valence-electron chi connectivity index (χ2n) is 6.32. The summed E-state index contributed by atoms with van der Waals surface area (Å²) in [5.74, 6) is 2.39. The second kappa shape index (κ2) is 6.69. The number of benzene rings is 1. The van der Waals surface area contributed by atoms with Crippen molar-refractivity contribution in [2.45, 2.75) is 50.5 Å². The van der Waals surface area contributed by atoms with Gasteiger partial charge in [0.1, 0.15) is 0 Å². The maximum absolute atomic E-state index is 9.27. The SMILES string of the molecule is CC(NC1CCOC2(CCSC2)C1)c1cccc(CO)c1. The Morgan fingerprint density at radius 2 is 2.43 bits per heavy atom. The van der Waals surface area contributed by atoms with E-state index in [4.69, 9.17) is 4.74 Å². The molecule has 116 valence electrons. The van der Waals surface area contributed by atoms with Gasteiger partial charge in [-0.2, -0.15) is 11.8 Å². The first-order valence-corrected chi connectivity index (χ1v) is 9.04. The van der Waals surface area contributed by atoms with Gasteiger partial charge in [-0.05, 0) is 43.1 Å². The molecule has 3 nitrogen and oxygen atoms in total. The molecule has 2 saturated heterocycles. The van der Waals surface area contributed by atoms with E-state index in [0.717, 1.165) is 30.8 Å². The third-order valence-corrected chi connectivity index (χ3v) is 5.90. The van der Waals surface area contributed by atoms with Crippen LogP contribution in [0.25, 0.3) is 0 Å². The van der Waals surface area contributed by atoms with Crippen molar-refractivity contribution in [1.82, 2.24) is 5.32 Å². The Kier molecular flexibility index (Phi) is 4.89. The molecule has 0 radical (unpaired) electrons. The molecular weight excluding hydrogens is 282 g/mol. The van der Waals surface area contributed by atoms with Crippen molar-refractivity contribution in [2.24, 2.45) is 0 Å². The van der Waals surface area contributed by atoms with Gasteiger partial charge in [-0.25, -0.2) is 0 Å². The Morgan fingerprint density at radius 1 is 1.52 bits per heavy atom. The lowest BCUT2D eigenvalue weighted by Gasteiger charge is -2.39. The molecular formula is C17H25NO2S. The van der Waals surface area contributed by atoms with Crippen LogP contribution in [0.3, 0.4) is 0 Å². The fourth-order valence-corrected chi connectivity index (χ4v) is 4.82. The van der Waals surface area contributed by atoms with Gasteiger partial charge in [-0.15, -0.1) is 0 Å². The molecule has 0 amide bonds. The zero-order chi connectivity index (χ0) is 14.7. The molecule has 1 aromatic carbocycles. The third-order valence-electron chi connectivity index (χ3n) is 4.68. The minimum absolute atomic E-state index is 0.109. The van der Waals surface area contributed by atoms with E-state index in [2.05, 4.69) is 24.4 Å².